The fourth-order valence-electron chi connectivity index (χ4n) is 2.41. The second-order valence-electron chi connectivity index (χ2n) is 5.69. The molecule has 1 heterocycles. The van der Waals surface area contributed by atoms with Crippen LogP contribution in [-0.2, 0) is 6.42 Å². The number of hydrogen-bond acceptors (Lipinski definition) is 4. The molecule has 1 aliphatic carbocycles. The van der Waals surface area contributed by atoms with Crippen LogP contribution >= 0.6 is 11.3 Å². The summed E-state index contributed by atoms with van der Waals surface area (Å²) in [6.07, 6.45) is 2.96. The molecule has 0 unspecified atom stereocenters. The van der Waals surface area contributed by atoms with Crippen LogP contribution in [0, 0.1) is 5.82 Å². The summed E-state index contributed by atoms with van der Waals surface area (Å²) in [4.78, 5) is 16.3. The first kappa shape index (κ1) is 15.1. The first-order valence-corrected chi connectivity index (χ1v) is 8.11. The number of benzene rings is 1. The molecule has 3 rings (SSSR count). The zero-order chi connectivity index (χ0) is 15.6. The standard InChI is InChI=1S/C16H17FN2O2S/c17-12-4-1-3-11(7-12)8-14-19-13(9-22-14)15(20)18-10-16(21)5-2-6-16/h1,3-4,7,9,21H,2,5-6,8,10H2,(H,18,20). The quantitative estimate of drug-likeness (QED) is 0.890. The van der Waals surface area contributed by atoms with Gasteiger partial charge < -0.3 is 10.4 Å². The third-order valence-electron chi connectivity index (χ3n) is 3.89. The molecule has 1 amide bonds. The molecule has 6 heteroatoms. The average Bonchev–Trinajstić information content (AvgIpc) is 2.91. The summed E-state index contributed by atoms with van der Waals surface area (Å²) < 4.78 is 13.1. The van der Waals surface area contributed by atoms with Gasteiger partial charge in [0.25, 0.3) is 5.91 Å². The van der Waals surface area contributed by atoms with E-state index in [4.69, 9.17) is 0 Å². The number of rotatable bonds is 5. The maximum absolute atomic E-state index is 13.1. The Balaban J connectivity index is 1.59. The second kappa shape index (κ2) is 6.14. The Labute approximate surface area is 132 Å². The predicted octanol–water partition coefficient (Wildman–Crippen LogP) is 2.52. The van der Waals surface area contributed by atoms with Gasteiger partial charge in [-0.25, -0.2) is 9.37 Å². The van der Waals surface area contributed by atoms with Gasteiger partial charge in [-0.05, 0) is 37.0 Å². The van der Waals surface area contributed by atoms with E-state index in [2.05, 4.69) is 10.3 Å². The Morgan fingerprint density at radius 3 is 2.95 bits per heavy atom. The molecule has 1 aromatic heterocycles. The predicted molar refractivity (Wildman–Crippen MR) is 82.5 cm³/mol. The van der Waals surface area contributed by atoms with Crippen LogP contribution in [0.5, 0.6) is 0 Å². The molecule has 116 valence electrons. The lowest BCUT2D eigenvalue weighted by Gasteiger charge is -2.36. The third-order valence-corrected chi connectivity index (χ3v) is 4.74. The normalized spacial score (nSPS) is 16.1. The van der Waals surface area contributed by atoms with Crippen LogP contribution in [0.2, 0.25) is 0 Å². The van der Waals surface area contributed by atoms with Crippen LogP contribution in [0.15, 0.2) is 29.6 Å². The van der Waals surface area contributed by atoms with Crippen LogP contribution in [0.3, 0.4) is 0 Å². The lowest BCUT2D eigenvalue weighted by Crippen LogP contribution is -2.47. The number of carbonyl (C=O) groups is 1. The molecule has 22 heavy (non-hydrogen) atoms. The van der Waals surface area contributed by atoms with Crippen molar-refractivity contribution in [1.82, 2.24) is 10.3 Å². The molecule has 2 aromatic rings. The van der Waals surface area contributed by atoms with Crippen LogP contribution in [-0.4, -0.2) is 28.1 Å². The molecule has 0 radical (unpaired) electrons. The van der Waals surface area contributed by atoms with Gasteiger partial charge in [0.05, 0.1) is 10.6 Å². The van der Waals surface area contributed by atoms with E-state index in [1.807, 2.05) is 6.07 Å². The molecule has 0 aliphatic heterocycles. The molecule has 1 aliphatic rings. The van der Waals surface area contributed by atoms with Crippen molar-refractivity contribution in [1.29, 1.82) is 0 Å². The van der Waals surface area contributed by atoms with E-state index in [0.717, 1.165) is 29.8 Å². The van der Waals surface area contributed by atoms with Gasteiger partial charge >= 0.3 is 0 Å². The van der Waals surface area contributed by atoms with E-state index >= 15 is 0 Å². The summed E-state index contributed by atoms with van der Waals surface area (Å²) in [6, 6.07) is 6.35. The van der Waals surface area contributed by atoms with Crippen molar-refractivity contribution >= 4 is 17.2 Å². The largest absolute Gasteiger partial charge is 0.388 e. The molecule has 4 nitrogen and oxygen atoms in total. The van der Waals surface area contributed by atoms with Gasteiger partial charge in [-0.15, -0.1) is 11.3 Å². The molecule has 0 spiro atoms. The van der Waals surface area contributed by atoms with Crippen molar-refractivity contribution in [3.8, 4) is 0 Å². The van der Waals surface area contributed by atoms with Gasteiger partial charge in [0.15, 0.2) is 0 Å². The van der Waals surface area contributed by atoms with Crippen molar-refractivity contribution < 1.29 is 14.3 Å². The van der Waals surface area contributed by atoms with Gasteiger partial charge in [-0.3, -0.25) is 4.79 Å². The van der Waals surface area contributed by atoms with Crippen LogP contribution in [0.1, 0.15) is 40.3 Å². The third kappa shape index (κ3) is 3.51. The van der Waals surface area contributed by atoms with Crippen molar-refractivity contribution in [3.63, 3.8) is 0 Å². The molecule has 1 saturated carbocycles. The number of amides is 1. The minimum atomic E-state index is -0.740. The number of halogens is 1. The van der Waals surface area contributed by atoms with Crippen molar-refractivity contribution in [2.24, 2.45) is 0 Å². The molecule has 0 bridgehead atoms. The van der Waals surface area contributed by atoms with Crippen molar-refractivity contribution in [3.05, 3.63) is 51.7 Å². The number of nitrogens with one attached hydrogen (secondary N) is 1. The Kier molecular flexibility index (Phi) is 4.22. The second-order valence-corrected chi connectivity index (χ2v) is 6.64. The first-order valence-electron chi connectivity index (χ1n) is 7.24. The number of hydrogen-bond donors (Lipinski definition) is 2. The van der Waals surface area contributed by atoms with Crippen LogP contribution < -0.4 is 5.32 Å². The number of nitrogens with zero attached hydrogens (tertiary/aromatic N) is 1. The Morgan fingerprint density at radius 1 is 1.45 bits per heavy atom. The molecular weight excluding hydrogens is 303 g/mol. The van der Waals surface area contributed by atoms with Gasteiger partial charge in [0.2, 0.25) is 0 Å². The van der Waals surface area contributed by atoms with E-state index in [9.17, 15) is 14.3 Å². The maximum atomic E-state index is 13.1. The minimum Gasteiger partial charge on any atom is -0.388 e. The lowest BCUT2D eigenvalue weighted by atomic mass is 9.80. The number of aliphatic hydroxyl groups is 1. The van der Waals surface area contributed by atoms with E-state index < -0.39 is 5.60 Å². The number of thiazole rings is 1. The SMILES string of the molecule is O=C(NCC1(O)CCC1)c1csc(Cc2cccc(F)c2)n1. The summed E-state index contributed by atoms with van der Waals surface area (Å²) >= 11 is 1.37. The zero-order valence-corrected chi connectivity index (χ0v) is 12.8. The van der Waals surface area contributed by atoms with Crippen molar-refractivity contribution in [2.75, 3.05) is 6.54 Å². The van der Waals surface area contributed by atoms with Gasteiger partial charge in [0, 0.05) is 18.3 Å². The summed E-state index contributed by atoms with van der Waals surface area (Å²) in [5, 5.41) is 15.1. The highest BCUT2D eigenvalue weighted by Gasteiger charge is 2.34. The van der Waals surface area contributed by atoms with Gasteiger partial charge in [-0.1, -0.05) is 12.1 Å². The van der Waals surface area contributed by atoms with Gasteiger partial charge in [0.1, 0.15) is 11.5 Å². The molecule has 0 saturated heterocycles. The van der Waals surface area contributed by atoms with E-state index in [-0.39, 0.29) is 18.3 Å². The van der Waals surface area contributed by atoms with Crippen molar-refractivity contribution in [2.45, 2.75) is 31.3 Å². The number of aromatic nitrogens is 1. The summed E-state index contributed by atoms with van der Waals surface area (Å²) in [5.74, 6) is -0.553. The Bertz CT molecular complexity index is 682. The topological polar surface area (TPSA) is 62.2 Å². The van der Waals surface area contributed by atoms with E-state index in [0.29, 0.717) is 12.1 Å². The summed E-state index contributed by atoms with van der Waals surface area (Å²) in [6.45, 7) is 0.266. The molecule has 1 fully saturated rings. The number of carbonyl (C=O) groups excluding carboxylic acids is 1. The smallest absolute Gasteiger partial charge is 0.270 e. The first-order chi connectivity index (χ1) is 10.5. The molecular formula is C16H17FN2O2S. The monoisotopic (exact) mass is 320 g/mol. The molecule has 0 atom stereocenters. The molecule has 1 aromatic carbocycles. The highest BCUT2D eigenvalue weighted by molar-refractivity contribution is 7.09. The van der Waals surface area contributed by atoms with Crippen LogP contribution in [0.25, 0.3) is 0 Å². The lowest BCUT2D eigenvalue weighted by molar-refractivity contribution is -0.0300. The average molecular weight is 320 g/mol. The Morgan fingerprint density at radius 2 is 2.27 bits per heavy atom. The fourth-order valence-corrected chi connectivity index (χ4v) is 3.22. The van der Waals surface area contributed by atoms with Crippen LogP contribution in [0.4, 0.5) is 4.39 Å². The maximum Gasteiger partial charge on any atom is 0.270 e. The van der Waals surface area contributed by atoms with E-state index in [1.165, 1.54) is 23.5 Å². The Hall–Kier alpha value is -1.79. The van der Waals surface area contributed by atoms with E-state index in [1.54, 1.807) is 11.4 Å². The highest BCUT2D eigenvalue weighted by Crippen LogP contribution is 2.30. The minimum absolute atomic E-state index is 0.266. The van der Waals surface area contributed by atoms with Gasteiger partial charge in [-0.2, -0.15) is 0 Å². The summed E-state index contributed by atoms with van der Waals surface area (Å²) in [7, 11) is 0. The fraction of sp³-hybridized carbons (Fsp3) is 0.375. The summed E-state index contributed by atoms with van der Waals surface area (Å²) in [5.41, 5.74) is 0.431. The molecule has 2 N–H and O–H groups in total. The zero-order valence-electron chi connectivity index (χ0n) is 12.0. The highest BCUT2D eigenvalue weighted by atomic mass is 32.1.